The summed E-state index contributed by atoms with van der Waals surface area (Å²) < 4.78 is 0. The third kappa shape index (κ3) is 3.50. The number of hydrogen-bond donors (Lipinski definition) is 0. The molecule has 0 radical (unpaired) electrons. The van der Waals surface area contributed by atoms with Crippen molar-refractivity contribution in [3.8, 4) is 0 Å². The highest BCUT2D eigenvalue weighted by Gasteiger charge is 2.34. The van der Waals surface area contributed by atoms with Crippen LogP contribution in [0.2, 0.25) is 0 Å². The van der Waals surface area contributed by atoms with Crippen molar-refractivity contribution >= 4 is 45.0 Å². The molecule has 3 aromatic rings. The lowest BCUT2D eigenvalue weighted by atomic mass is 9.98. The molecule has 1 fully saturated rings. The molecule has 0 spiro atoms. The number of piperazine rings is 1. The van der Waals surface area contributed by atoms with Crippen molar-refractivity contribution < 1.29 is 4.79 Å². The zero-order valence-electron chi connectivity index (χ0n) is 15.5. The van der Waals surface area contributed by atoms with Gasteiger partial charge in [-0.05, 0) is 34.9 Å². The van der Waals surface area contributed by atoms with E-state index in [9.17, 15) is 4.79 Å². The molecule has 1 atom stereocenters. The number of fused-ring (bicyclic) bond motifs is 1. The maximum Gasteiger partial charge on any atom is 0.237 e. The minimum atomic E-state index is 0.0825. The smallest absolute Gasteiger partial charge is 0.237 e. The predicted molar refractivity (Wildman–Crippen MR) is 117 cm³/mol. The average molecular weight is 431 g/mol. The van der Waals surface area contributed by atoms with Crippen molar-refractivity contribution in [1.82, 2.24) is 14.8 Å². The largest absolute Gasteiger partial charge is 0.346 e. The van der Waals surface area contributed by atoms with Crippen LogP contribution in [0.15, 0.2) is 40.5 Å². The molecular weight excluding hydrogens is 408 g/mol. The SMILES string of the molecule is O=C(CN1CCN(c2nccs2)CC1)N1CCc2sccc2[C@H]1c1cccs1. The minimum absolute atomic E-state index is 0.0825. The van der Waals surface area contributed by atoms with Gasteiger partial charge in [-0.15, -0.1) is 34.0 Å². The fourth-order valence-corrected chi connectivity index (χ4v) is 6.55. The van der Waals surface area contributed by atoms with E-state index in [4.69, 9.17) is 0 Å². The molecule has 0 bridgehead atoms. The monoisotopic (exact) mass is 430 g/mol. The zero-order valence-corrected chi connectivity index (χ0v) is 17.9. The fourth-order valence-electron chi connectivity index (χ4n) is 4.09. The second kappa shape index (κ2) is 7.94. The Labute approximate surface area is 176 Å². The van der Waals surface area contributed by atoms with E-state index in [0.29, 0.717) is 6.54 Å². The van der Waals surface area contributed by atoms with Gasteiger partial charge < -0.3 is 9.80 Å². The molecule has 28 heavy (non-hydrogen) atoms. The lowest BCUT2D eigenvalue weighted by Crippen LogP contribution is -2.51. The molecule has 8 heteroatoms. The molecule has 5 heterocycles. The van der Waals surface area contributed by atoms with Crippen LogP contribution in [0.1, 0.15) is 21.4 Å². The lowest BCUT2D eigenvalue weighted by molar-refractivity contribution is -0.134. The first kappa shape index (κ1) is 18.3. The molecule has 0 unspecified atom stereocenters. The third-order valence-corrected chi connectivity index (χ3v) is 8.27. The van der Waals surface area contributed by atoms with Gasteiger partial charge in [-0.2, -0.15) is 0 Å². The van der Waals surface area contributed by atoms with Crippen LogP contribution in [0.5, 0.6) is 0 Å². The summed E-state index contributed by atoms with van der Waals surface area (Å²) in [6.45, 7) is 5.01. The standard InChI is InChI=1S/C20H22N4OS3/c25-18(14-22-7-9-23(10-8-22)20-21-5-13-28-20)24-6-3-16-15(4-12-27-16)19(24)17-2-1-11-26-17/h1-2,4-5,11-13,19H,3,6-10,14H2/t19-/m0/s1. The number of thiazole rings is 1. The molecule has 0 aromatic carbocycles. The maximum atomic E-state index is 13.3. The van der Waals surface area contributed by atoms with Gasteiger partial charge >= 0.3 is 0 Å². The van der Waals surface area contributed by atoms with Crippen molar-refractivity contribution in [3.63, 3.8) is 0 Å². The molecule has 3 aromatic heterocycles. The van der Waals surface area contributed by atoms with E-state index in [2.05, 4.69) is 48.6 Å². The molecular formula is C20H22N4OS3. The molecule has 1 saturated heterocycles. The average Bonchev–Trinajstić information content (AvgIpc) is 3.50. The fraction of sp³-hybridized carbons (Fsp3) is 0.400. The van der Waals surface area contributed by atoms with Crippen LogP contribution in [-0.4, -0.2) is 60.0 Å². The van der Waals surface area contributed by atoms with Gasteiger partial charge in [0.05, 0.1) is 12.6 Å². The van der Waals surface area contributed by atoms with Gasteiger partial charge in [-0.3, -0.25) is 9.69 Å². The molecule has 1 amide bonds. The van der Waals surface area contributed by atoms with Crippen LogP contribution < -0.4 is 4.90 Å². The van der Waals surface area contributed by atoms with E-state index < -0.39 is 0 Å². The van der Waals surface area contributed by atoms with Crippen molar-refractivity contribution in [1.29, 1.82) is 0 Å². The summed E-state index contributed by atoms with van der Waals surface area (Å²) in [7, 11) is 0. The summed E-state index contributed by atoms with van der Waals surface area (Å²) in [5, 5.41) is 7.38. The highest BCUT2D eigenvalue weighted by molar-refractivity contribution is 7.13. The van der Waals surface area contributed by atoms with E-state index in [1.807, 2.05) is 22.9 Å². The Balaban J connectivity index is 1.27. The number of amides is 1. The van der Waals surface area contributed by atoms with Crippen LogP contribution in [0, 0.1) is 0 Å². The Bertz CT molecular complexity index is 913. The maximum absolute atomic E-state index is 13.3. The van der Waals surface area contributed by atoms with Gasteiger partial charge in [0.15, 0.2) is 5.13 Å². The van der Waals surface area contributed by atoms with Gasteiger partial charge in [-0.1, -0.05) is 6.07 Å². The highest BCUT2D eigenvalue weighted by atomic mass is 32.1. The first-order chi connectivity index (χ1) is 13.8. The highest BCUT2D eigenvalue weighted by Crippen LogP contribution is 2.39. The Kier molecular flexibility index (Phi) is 5.19. The Hall–Kier alpha value is -1.74. The van der Waals surface area contributed by atoms with Crippen LogP contribution in [0.3, 0.4) is 0 Å². The van der Waals surface area contributed by atoms with Gasteiger partial charge in [0.2, 0.25) is 5.91 Å². The summed E-state index contributed by atoms with van der Waals surface area (Å²) in [6, 6.07) is 6.53. The van der Waals surface area contributed by atoms with Crippen molar-refractivity contribution in [2.75, 3.05) is 44.2 Å². The lowest BCUT2D eigenvalue weighted by Gasteiger charge is -2.38. The number of hydrogen-bond acceptors (Lipinski definition) is 7. The summed E-state index contributed by atoms with van der Waals surface area (Å²) in [4.78, 5) is 27.1. The van der Waals surface area contributed by atoms with Gasteiger partial charge in [0.1, 0.15) is 0 Å². The molecule has 0 saturated carbocycles. The van der Waals surface area contributed by atoms with Crippen molar-refractivity contribution in [2.24, 2.45) is 0 Å². The molecule has 5 nitrogen and oxygen atoms in total. The molecule has 2 aliphatic heterocycles. The van der Waals surface area contributed by atoms with E-state index in [-0.39, 0.29) is 11.9 Å². The van der Waals surface area contributed by atoms with Crippen molar-refractivity contribution in [2.45, 2.75) is 12.5 Å². The third-order valence-electron chi connectivity index (χ3n) is 5.52. The summed E-state index contributed by atoms with van der Waals surface area (Å²) in [5.41, 5.74) is 1.32. The van der Waals surface area contributed by atoms with Crippen LogP contribution in [-0.2, 0) is 11.2 Å². The summed E-state index contributed by atoms with van der Waals surface area (Å²) in [6.07, 6.45) is 2.83. The Morgan fingerprint density at radius 1 is 1.04 bits per heavy atom. The van der Waals surface area contributed by atoms with E-state index >= 15 is 0 Å². The second-order valence-electron chi connectivity index (χ2n) is 7.13. The number of anilines is 1. The van der Waals surface area contributed by atoms with E-state index in [0.717, 1.165) is 44.3 Å². The first-order valence-corrected chi connectivity index (χ1v) is 12.2. The van der Waals surface area contributed by atoms with E-state index in [1.54, 1.807) is 22.7 Å². The second-order valence-corrected chi connectivity index (χ2v) is 9.99. The number of carbonyl (C=O) groups excluding carboxylic acids is 1. The number of carbonyl (C=O) groups is 1. The predicted octanol–water partition coefficient (Wildman–Crippen LogP) is 3.56. The number of thiophene rings is 2. The topological polar surface area (TPSA) is 39.7 Å². The van der Waals surface area contributed by atoms with Crippen LogP contribution >= 0.6 is 34.0 Å². The molecule has 5 rings (SSSR count). The number of aromatic nitrogens is 1. The number of nitrogens with zero attached hydrogens (tertiary/aromatic N) is 4. The molecule has 2 aliphatic rings. The van der Waals surface area contributed by atoms with Gasteiger partial charge in [-0.25, -0.2) is 4.98 Å². The van der Waals surface area contributed by atoms with Gasteiger partial charge in [0, 0.05) is 54.1 Å². The first-order valence-electron chi connectivity index (χ1n) is 9.55. The minimum Gasteiger partial charge on any atom is -0.346 e. The van der Waals surface area contributed by atoms with Crippen LogP contribution in [0.25, 0.3) is 0 Å². The molecule has 0 aliphatic carbocycles. The van der Waals surface area contributed by atoms with Crippen molar-refractivity contribution in [3.05, 3.63) is 55.9 Å². The quantitative estimate of drug-likeness (QED) is 0.635. The Morgan fingerprint density at radius 2 is 1.93 bits per heavy atom. The van der Waals surface area contributed by atoms with E-state index in [1.165, 1.54) is 15.3 Å². The van der Waals surface area contributed by atoms with Crippen LogP contribution in [0.4, 0.5) is 5.13 Å². The molecule has 146 valence electrons. The Morgan fingerprint density at radius 3 is 2.68 bits per heavy atom. The van der Waals surface area contributed by atoms with Gasteiger partial charge in [0.25, 0.3) is 0 Å². The number of rotatable bonds is 4. The zero-order chi connectivity index (χ0) is 18.9. The summed E-state index contributed by atoms with van der Waals surface area (Å²) in [5.74, 6) is 0.248. The molecule has 0 N–H and O–H groups in total. The normalized spacial score (nSPS) is 20.4. The summed E-state index contributed by atoms with van der Waals surface area (Å²) >= 11 is 5.25.